The van der Waals surface area contributed by atoms with Crippen LogP contribution >= 0.6 is 11.6 Å². The molecule has 0 aliphatic heterocycles. The van der Waals surface area contributed by atoms with Gasteiger partial charge in [0, 0.05) is 24.2 Å². The van der Waals surface area contributed by atoms with Crippen LogP contribution in [0.25, 0.3) is 0 Å². The van der Waals surface area contributed by atoms with Crippen LogP contribution in [0.5, 0.6) is 11.5 Å². The van der Waals surface area contributed by atoms with E-state index >= 15 is 0 Å². The number of nitro groups is 1. The molecule has 6 heteroatoms. The summed E-state index contributed by atoms with van der Waals surface area (Å²) in [6.07, 6.45) is 0. The second-order valence-corrected chi connectivity index (χ2v) is 4.19. The zero-order chi connectivity index (χ0) is 13.8. The minimum absolute atomic E-state index is 0.0349. The third-order valence-electron chi connectivity index (χ3n) is 2.54. The molecule has 2 rings (SSSR count). The van der Waals surface area contributed by atoms with E-state index in [4.69, 9.17) is 22.1 Å². The van der Waals surface area contributed by atoms with Gasteiger partial charge in [0.1, 0.15) is 16.5 Å². The van der Waals surface area contributed by atoms with Crippen molar-refractivity contribution in [3.8, 4) is 11.5 Å². The highest BCUT2D eigenvalue weighted by atomic mass is 35.5. The quantitative estimate of drug-likeness (QED) is 0.686. The van der Waals surface area contributed by atoms with Gasteiger partial charge in [0.25, 0.3) is 5.69 Å². The normalized spacial score (nSPS) is 10.2. The lowest BCUT2D eigenvalue weighted by molar-refractivity contribution is -0.384. The van der Waals surface area contributed by atoms with Gasteiger partial charge in [-0.05, 0) is 12.1 Å². The van der Waals surface area contributed by atoms with Crippen molar-refractivity contribution in [3.63, 3.8) is 0 Å². The van der Waals surface area contributed by atoms with E-state index in [0.29, 0.717) is 18.0 Å². The summed E-state index contributed by atoms with van der Waals surface area (Å²) in [4.78, 5) is 10.1. The van der Waals surface area contributed by atoms with Gasteiger partial charge in [0.2, 0.25) is 0 Å². The molecule has 0 aromatic heterocycles. The monoisotopic (exact) mass is 278 g/mol. The molecule has 0 aliphatic rings. The minimum Gasteiger partial charge on any atom is -0.457 e. The van der Waals surface area contributed by atoms with Crippen molar-refractivity contribution in [1.82, 2.24) is 0 Å². The van der Waals surface area contributed by atoms with Crippen LogP contribution in [0, 0.1) is 10.1 Å². The molecule has 0 bridgehead atoms. The average molecular weight is 279 g/mol. The first kappa shape index (κ1) is 13.3. The molecule has 5 nitrogen and oxygen atoms in total. The summed E-state index contributed by atoms with van der Waals surface area (Å²) in [6.45, 7) is 0.344. The van der Waals surface area contributed by atoms with Gasteiger partial charge in [0.05, 0.1) is 4.92 Å². The molecule has 0 heterocycles. The number of rotatable bonds is 4. The highest BCUT2D eigenvalue weighted by Gasteiger charge is 2.13. The number of nitrogens with two attached hydrogens (primary N) is 1. The summed E-state index contributed by atoms with van der Waals surface area (Å²) in [5.74, 6) is 1.03. The maximum atomic E-state index is 10.7. The van der Waals surface area contributed by atoms with E-state index in [1.165, 1.54) is 18.2 Å². The smallest absolute Gasteiger partial charge is 0.288 e. The predicted octanol–water partition coefficient (Wildman–Crippen LogP) is 3.50. The van der Waals surface area contributed by atoms with Crippen LogP contribution in [0.1, 0.15) is 5.56 Å². The van der Waals surface area contributed by atoms with Crippen molar-refractivity contribution < 1.29 is 9.66 Å². The summed E-state index contributed by atoms with van der Waals surface area (Å²) < 4.78 is 5.63. The summed E-state index contributed by atoms with van der Waals surface area (Å²) in [7, 11) is 0. The number of ether oxygens (including phenoxy) is 1. The highest BCUT2D eigenvalue weighted by Crippen LogP contribution is 2.31. The molecule has 0 radical (unpaired) electrons. The van der Waals surface area contributed by atoms with Crippen LogP contribution < -0.4 is 10.5 Å². The van der Waals surface area contributed by atoms with E-state index < -0.39 is 4.92 Å². The molecule has 0 atom stereocenters. The molecule has 98 valence electrons. The van der Waals surface area contributed by atoms with Gasteiger partial charge in [-0.2, -0.15) is 0 Å². The molecule has 0 amide bonds. The van der Waals surface area contributed by atoms with Crippen molar-refractivity contribution in [2.45, 2.75) is 6.54 Å². The summed E-state index contributed by atoms with van der Waals surface area (Å²) >= 11 is 5.82. The molecule has 19 heavy (non-hydrogen) atoms. The number of halogens is 1. The van der Waals surface area contributed by atoms with Gasteiger partial charge in [-0.1, -0.05) is 29.8 Å². The van der Waals surface area contributed by atoms with Crippen LogP contribution in [0.2, 0.25) is 5.02 Å². The minimum atomic E-state index is -0.542. The zero-order valence-electron chi connectivity index (χ0n) is 9.88. The van der Waals surface area contributed by atoms with Crippen LogP contribution in [0.3, 0.4) is 0 Å². The van der Waals surface area contributed by atoms with Gasteiger partial charge >= 0.3 is 0 Å². The zero-order valence-corrected chi connectivity index (χ0v) is 10.6. The highest BCUT2D eigenvalue weighted by molar-refractivity contribution is 6.32. The second kappa shape index (κ2) is 5.69. The Morgan fingerprint density at radius 2 is 2.00 bits per heavy atom. The fourth-order valence-corrected chi connectivity index (χ4v) is 1.84. The first-order valence-corrected chi connectivity index (χ1v) is 5.89. The second-order valence-electron chi connectivity index (χ2n) is 3.78. The average Bonchev–Trinajstić information content (AvgIpc) is 2.39. The standard InChI is InChI=1S/C13H11ClN2O3/c14-11-7-10(5-6-12(11)16(17)18)19-13-4-2-1-3-9(13)8-15/h1-7H,8,15H2. The van der Waals surface area contributed by atoms with Crippen molar-refractivity contribution in [2.24, 2.45) is 5.73 Å². The molecule has 0 saturated carbocycles. The molecule has 0 saturated heterocycles. The molecule has 0 aliphatic carbocycles. The summed E-state index contributed by atoms with van der Waals surface area (Å²) in [5.41, 5.74) is 6.30. The fourth-order valence-electron chi connectivity index (χ4n) is 1.60. The first-order chi connectivity index (χ1) is 9.11. The number of hydrogen-bond donors (Lipinski definition) is 1. The van der Waals surface area contributed by atoms with Crippen LogP contribution in [0.4, 0.5) is 5.69 Å². The Kier molecular flexibility index (Phi) is 3.99. The van der Waals surface area contributed by atoms with E-state index in [-0.39, 0.29) is 10.7 Å². The Bertz CT molecular complexity index is 617. The molecular formula is C13H11ClN2O3. The van der Waals surface area contributed by atoms with E-state index in [1.54, 1.807) is 6.07 Å². The molecule has 2 aromatic carbocycles. The maximum absolute atomic E-state index is 10.7. The van der Waals surface area contributed by atoms with Gasteiger partial charge in [-0.25, -0.2) is 0 Å². The third-order valence-corrected chi connectivity index (χ3v) is 2.84. The lowest BCUT2D eigenvalue weighted by Gasteiger charge is -2.09. The van der Waals surface area contributed by atoms with Gasteiger partial charge in [0.15, 0.2) is 0 Å². The van der Waals surface area contributed by atoms with Crippen molar-refractivity contribution >= 4 is 17.3 Å². The number of nitro benzene ring substituents is 1. The SMILES string of the molecule is NCc1ccccc1Oc1ccc([N+](=O)[O-])c(Cl)c1. The maximum Gasteiger partial charge on any atom is 0.288 e. The largest absolute Gasteiger partial charge is 0.457 e. The third kappa shape index (κ3) is 3.01. The van der Waals surface area contributed by atoms with E-state index in [1.807, 2.05) is 18.2 Å². The number of para-hydroxylation sites is 1. The van der Waals surface area contributed by atoms with Gasteiger partial charge in [-0.15, -0.1) is 0 Å². The lowest BCUT2D eigenvalue weighted by atomic mass is 10.2. The molecule has 0 spiro atoms. The van der Waals surface area contributed by atoms with Crippen LogP contribution in [-0.4, -0.2) is 4.92 Å². The topological polar surface area (TPSA) is 78.4 Å². The fraction of sp³-hybridized carbons (Fsp3) is 0.0769. The number of hydrogen-bond acceptors (Lipinski definition) is 4. The summed E-state index contributed by atoms with van der Waals surface area (Å²) in [6, 6.07) is 11.5. The Labute approximate surface area is 114 Å². The Morgan fingerprint density at radius 3 is 2.63 bits per heavy atom. The molecule has 0 unspecified atom stereocenters. The van der Waals surface area contributed by atoms with E-state index in [2.05, 4.69) is 0 Å². The van der Waals surface area contributed by atoms with Crippen molar-refractivity contribution in [1.29, 1.82) is 0 Å². The van der Waals surface area contributed by atoms with Crippen LogP contribution in [-0.2, 0) is 6.54 Å². The van der Waals surface area contributed by atoms with Crippen LogP contribution in [0.15, 0.2) is 42.5 Å². The Morgan fingerprint density at radius 1 is 1.26 bits per heavy atom. The van der Waals surface area contributed by atoms with Gasteiger partial charge in [-0.3, -0.25) is 10.1 Å². The molecule has 2 aromatic rings. The van der Waals surface area contributed by atoms with E-state index in [9.17, 15) is 10.1 Å². The predicted molar refractivity (Wildman–Crippen MR) is 72.5 cm³/mol. The summed E-state index contributed by atoms with van der Waals surface area (Å²) in [5, 5.41) is 10.7. The first-order valence-electron chi connectivity index (χ1n) is 5.51. The van der Waals surface area contributed by atoms with Crippen molar-refractivity contribution in [2.75, 3.05) is 0 Å². The molecular weight excluding hydrogens is 268 g/mol. The number of nitrogens with zero attached hydrogens (tertiary/aromatic N) is 1. The Balaban J connectivity index is 2.29. The number of benzene rings is 2. The lowest BCUT2D eigenvalue weighted by Crippen LogP contribution is -1.99. The Hall–Kier alpha value is -2.11. The van der Waals surface area contributed by atoms with Gasteiger partial charge < -0.3 is 10.5 Å². The van der Waals surface area contributed by atoms with Crippen molar-refractivity contribution in [3.05, 3.63) is 63.2 Å². The molecule has 2 N–H and O–H groups in total. The molecule has 0 fully saturated rings. The van der Waals surface area contributed by atoms with E-state index in [0.717, 1.165) is 5.56 Å².